The van der Waals surface area contributed by atoms with Crippen LogP contribution in [0.2, 0.25) is 0 Å². The fourth-order valence-corrected chi connectivity index (χ4v) is 0. The van der Waals surface area contributed by atoms with Gasteiger partial charge in [-0.25, -0.2) is 0 Å². The summed E-state index contributed by atoms with van der Waals surface area (Å²) in [4.78, 5) is 0. The van der Waals surface area contributed by atoms with E-state index in [1.807, 2.05) is 0 Å². The molecule has 0 aliphatic rings. The maximum Gasteiger partial charge on any atom is 0.0402 e. The molecular formula is C2H6BOY. The summed E-state index contributed by atoms with van der Waals surface area (Å²) in [6.07, 6.45) is 0. The van der Waals surface area contributed by atoms with Gasteiger partial charge < -0.3 is 5.11 Å². The first-order valence-corrected chi connectivity index (χ1v) is 1.02. The summed E-state index contributed by atoms with van der Waals surface area (Å²) in [5.74, 6) is 0. The Bertz CT molecular complexity index is 9.61. The molecule has 0 atom stereocenters. The quantitative estimate of drug-likeness (QED) is 0.461. The van der Waals surface area contributed by atoms with Crippen molar-refractivity contribution < 1.29 is 37.8 Å². The van der Waals surface area contributed by atoms with Crippen molar-refractivity contribution in [2.75, 3.05) is 6.61 Å². The standard InChI is InChI=1S/C2H6O.B.Y/c1-2-3;;/h3H,2H2,1H3;;. The van der Waals surface area contributed by atoms with Crippen molar-refractivity contribution in [2.24, 2.45) is 0 Å². The summed E-state index contributed by atoms with van der Waals surface area (Å²) in [5.41, 5.74) is 0. The molecule has 0 fully saturated rings. The van der Waals surface area contributed by atoms with Crippen molar-refractivity contribution >= 4 is 8.41 Å². The summed E-state index contributed by atoms with van der Waals surface area (Å²) in [7, 11) is 0. The van der Waals surface area contributed by atoms with E-state index in [4.69, 9.17) is 5.11 Å². The first-order chi connectivity index (χ1) is 1.41. The molecule has 0 aromatic rings. The van der Waals surface area contributed by atoms with Gasteiger partial charge in [-0.15, -0.1) is 0 Å². The molecule has 0 aromatic carbocycles. The zero-order valence-corrected chi connectivity index (χ0v) is 6.15. The Labute approximate surface area is 59.6 Å². The minimum atomic E-state index is 0. The Hall–Kier alpha value is 1.13. The van der Waals surface area contributed by atoms with E-state index in [-0.39, 0.29) is 47.7 Å². The molecule has 5 heavy (non-hydrogen) atoms. The molecule has 0 saturated carbocycles. The van der Waals surface area contributed by atoms with Gasteiger partial charge in [-0.3, -0.25) is 0 Å². The minimum absolute atomic E-state index is 0. The number of aliphatic hydroxyl groups is 1. The van der Waals surface area contributed by atoms with Crippen molar-refractivity contribution in [1.29, 1.82) is 0 Å². The topological polar surface area (TPSA) is 20.2 Å². The average Bonchev–Trinajstić information content (AvgIpc) is 0.918. The summed E-state index contributed by atoms with van der Waals surface area (Å²) in [6.45, 7) is 1.93. The Morgan fingerprint density at radius 2 is 1.60 bits per heavy atom. The summed E-state index contributed by atoms with van der Waals surface area (Å²) in [5, 5.41) is 7.57. The van der Waals surface area contributed by atoms with E-state index in [9.17, 15) is 0 Å². The average molecular weight is 146 g/mol. The number of rotatable bonds is 0. The molecule has 1 nitrogen and oxygen atoms in total. The first-order valence-electron chi connectivity index (χ1n) is 1.02. The van der Waals surface area contributed by atoms with Gasteiger partial charge in [-0.2, -0.15) is 0 Å². The van der Waals surface area contributed by atoms with Gasteiger partial charge >= 0.3 is 0 Å². The van der Waals surface area contributed by atoms with Crippen LogP contribution in [0.5, 0.6) is 0 Å². The summed E-state index contributed by atoms with van der Waals surface area (Å²) >= 11 is 0. The third-order valence-corrected chi connectivity index (χ3v) is 0. The Balaban J connectivity index is -0.0000000200. The molecule has 4 radical (unpaired) electrons. The van der Waals surface area contributed by atoms with Crippen LogP contribution in [0.15, 0.2) is 0 Å². The maximum atomic E-state index is 7.57. The molecule has 0 unspecified atom stereocenters. The van der Waals surface area contributed by atoms with Crippen LogP contribution in [0.4, 0.5) is 0 Å². The second-order valence-corrected chi connectivity index (χ2v) is 0.316. The number of hydrogen-bond acceptors (Lipinski definition) is 1. The van der Waals surface area contributed by atoms with Crippen molar-refractivity contribution in [2.45, 2.75) is 6.92 Å². The van der Waals surface area contributed by atoms with Gasteiger partial charge in [0, 0.05) is 47.7 Å². The van der Waals surface area contributed by atoms with Crippen molar-refractivity contribution in [1.82, 2.24) is 0 Å². The van der Waals surface area contributed by atoms with Gasteiger partial charge in [0.05, 0.1) is 0 Å². The molecule has 1 N–H and O–H groups in total. The fourth-order valence-electron chi connectivity index (χ4n) is 0. The van der Waals surface area contributed by atoms with Crippen LogP contribution in [-0.2, 0) is 32.7 Å². The molecule has 26 valence electrons. The zero-order valence-electron chi connectivity index (χ0n) is 3.31. The van der Waals surface area contributed by atoms with Crippen molar-refractivity contribution in [3.05, 3.63) is 0 Å². The third kappa shape index (κ3) is 39.4. The van der Waals surface area contributed by atoms with Gasteiger partial charge in [-0.1, -0.05) is 0 Å². The smallest absolute Gasteiger partial charge is 0.0402 e. The van der Waals surface area contributed by atoms with Crippen LogP contribution in [-0.4, -0.2) is 20.1 Å². The van der Waals surface area contributed by atoms with E-state index in [1.54, 1.807) is 6.92 Å². The molecule has 3 heteroatoms. The Morgan fingerprint density at radius 1 is 1.60 bits per heavy atom. The Morgan fingerprint density at radius 3 is 1.60 bits per heavy atom. The third-order valence-electron chi connectivity index (χ3n) is 0. The predicted octanol–water partition coefficient (Wildman–Crippen LogP) is -0.385. The van der Waals surface area contributed by atoms with Crippen LogP contribution in [0, 0.1) is 0 Å². The number of hydrogen-bond donors (Lipinski definition) is 1. The minimum Gasteiger partial charge on any atom is -0.397 e. The molecule has 0 bridgehead atoms. The van der Waals surface area contributed by atoms with E-state index in [0.29, 0.717) is 0 Å². The van der Waals surface area contributed by atoms with E-state index in [0.717, 1.165) is 0 Å². The van der Waals surface area contributed by atoms with Crippen LogP contribution >= 0.6 is 0 Å². The zero-order chi connectivity index (χ0) is 2.71. The second kappa shape index (κ2) is 19.3. The molecular weight excluding hydrogens is 140 g/mol. The fraction of sp³-hybridized carbons (Fsp3) is 1.00. The van der Waals surface area contributed by atoms with Crippen LogP contribution < -0.4 is 0 Å². The molecule has 0 rings (SSSR count). The summed E-state index contributed by atoms with van der Waals surface area (Å²) < 4.78 is 0. The maximum absolute atomic E-state index is 7.57. The van der Waals surface area contributed by atoms with Crippen LogP contribution in [0.1, 0.15) is 6.92 Å². The van der Waals surface area contributed by atoms with Crippen LogP contribution in [0.25, 0.3) is 0 Å². The molecule has 0 aliphatic carbocycles. The predicted molar refractivity (Wildman–Crippen MR) is 18.5 cm³/mol. The van der Waals surface area contributed by atoms with E-state index in [1.165, 1.54) is 0 Å². The van der Waals surface area contributed by atoms with Crippen molar-refractivity contribution in [3.8, 4) is 0 Å². The molecule has 0 amide bonds. The van der Waals surface area contributed by atoms with Gasteiger partial charge in [0.2, 0.25) is 0 Å². The van der Waals surface area contributed by atoms with Crippen molar-refractivity contribution in [3.63, 3.8) is 0 Å². The van der Waals surface area contributed by atoms with E-state index < -0.39 is 0 Å². The second-order valence-electron chi connectivity index (χ2n) is 0.316. The van der Waals surface area contributed by atoms with Gasteiger partial charge in [0.15, 0.2) is 0 Å². The normalized spacial score (nSPS) is 3.60. The van der Waals surface area contributed by atoms with Crippen LogP contribution in [0.3, 0.4) is 0 Å². The van der Waals surface area contributed by atoms with Gasteiger partial charge in [-0.05, 0) is 6.92 Å². The van der Waals surface area contributed by atoms with E-state index in [2.05, 4.69) is 0 Å². The molecule has 0 aromatic heterocycles. The molecule has 0 aliphatic heterocycles. The summed E-state index contributed by atoms with van der Waals surface area (Å²) in [6, 6.07) is 0. The van der Waals surface area contributed by atoms with Gasteiger partial charge in [0.1, 0.15) is 0 Å². The molecule has 0 spiro atoms. The molecule has 0 saturated heterocycles. The van der Waals surface area contributed by atoms with Gasteiger partial charge in [0.25, 0.3) is 0 Å². The number of aliphatic hydroxyl groups excluding tert-OH is 1. The monoisotopic (exact) mass is 146 g/mol. The molecule has 0 heterocycles. The van der Waals surface area contributed by atoms with E-state index >= 15 is 0 Å². The Kier molecular flexibility index (Phi) is 63.5. The largest absolute Gasteiger partial charge is 0.397 e. The SMILES string of the molecule is CCO.[B].[Y]. The first kappa shape index (κ1) is 16.5.